The highest BCUT2D eigenvalue weighted by atomic mass is 79.9. The van der Waals surface area contributed by atoms with Crippen LogP contribution in [0.3, 0.4) is 0 Å². The van der Waals surface area contributed by atoms with Crippen LogP contribution in [0.1, 0.15) is 18.3 Å². The number of amides is 2. The van der Waals surface area contributed by atoms with E-state index in [-0.39, 0.29) is 6.03 Å². The van der Waals surface area contributed by atoms with E-state index >= 15 is 0 Å². The Morgan fingerprint density at radius 1 is 1.50 bits per heavy atom. The Bertz CT molecular complexity index is 529. The quantitative estimate of drug-likeness (QED) is 0.898. The molecule has 2 fully saturated rings. The van der Waals surface area contributed by atoms with E-state index < -0.39 is 0 Å². The van der Waals surface area contributed by atoms with E-state index in [4.69, 9.17) is 0 Å². The number of aromatic nitrogens is 2. The first-order chi connectivity index (χ1) is 9.61. The van der Waals surface area contributed by atoms with Crippen LogP contribution in [-0.2, 0) is 13.1 Å². The van der Waals surface area contributed by atoms with Crippen molar-refractivity contribution in [3.63, 3.8) is 0 Å². The van der Waals surface area contributed by atoms with Crippen LogP contribution in [0.25, 0.3) is 0 Å². The molecule has 2 amide bonds. The summed E-state index contributed by atoms with van der Waals surface area (Å²) in [6.07, 6.45) is 0. The Balaban J connectivity index is 1.80. The average molecular weight is 342 g/mol. The maximum Gasteiger partial charge on any atom is 0.320 e. The zero-order chi connectivity index (χ0) is 14.3. The van der Waals surface area contributed by atoms with Crippen molar-refractivity contribution in [2.75, 3.05) is 26.2 Å². The van der Waals surface area contributed by atoms with Gasteiger partial charge in [0.25, 0.3) is 0 Å². The van der Waals surface area contributed by atoms with Crippen molar-refractivity contribution in [1.82, 2.24) is 24.9 Å². The van der Waals surface area contributed by atoms with Gasteiger partial charge in [-0.05, 0) is 29.8 Å². The predicted molar refractivity (Wildman–Crippen MR) is 79.5 cm³/mol. The highest BCUT2D eigenvalue weighted by Gasteiger charge is 2.38. The molecule has 6 nitrogen and oxygen atoms in total. The second-order valence-electron chi connectivity index (χ2n) is 5.38. The fourth-order valence-corrected chi connectivity index (χ4v) is 3.43. The highest BCUT2D eigenvalue weighted by molar-refractivity contribution is 9.10. The van der Waals surface area contributed by atoms with Crippen LogP contribution < -0.4 is 5.32 Å². The molecule has 2 aliphatic heterocycles. The van der Waals surface area contributed by atoms with E-state index in [2.05, 4.69) is 33.3 Å². The Morgan fingerprint density at radius 2 is 2.30 bits per heavy atom. The first kappa shape index (κ1) is 13.9. The van der Waals surface area contributed by atoms with Gasteiger partial charge in [0.05, 0.1) is 28.4 Å². The van der Waals surface area contributed by atoms with E-state index in [9.17, 15) is 4.79 Å². The van der Waals surface area contributed by atoms with Gasteiger partial charge < -0.3 is 15.1 Å². The maximum atomic E-state index is 12.4. The smallest absolute Gasteiger partial charge is 0.317 e. The van der Waals surface area contributed by atoms with E-state index in [1.807, 2.05) is 21.4 Å². The number of piperazine rings is 1. The molecular weight excluding hydrogens is 322 g/mol. The van der Waals surface area contributed by atoms with Gasteiger partial charge >= 0.3 is 6.03 Å². The number of nitrogens with zero attached hydrogens (tertiary/aromatic N) is 4. The van der Waals surface area contributed by atoms with Crippen molar-refractivity contribution in [2.24, 2.45) is 0 Å². The molecule has 1 atom stereocenters. The minimum Gasteiger partial charge on any atom is -0.317 e. The molecule has 0 aliphatic carbocycles. The minimum atomic E-state index is 0.157. The van der Waals surface area contributed by atoms with Crippen molar-refractivity contribution < 1.29 is 4.79 Å². The first-order valence-electron chi connectivity index (χ1n) is 7.09. The number of carbonyl (C=O) groups is 1. The van der Waals surface area contributed by atoms with Gasteiger partial charge in [-0.1, -0.05) is 0 Å². The maximum absolute atomic E-state index is 12.4. The summed E-state index contributed by atoms with van der Waals surface area (Å²) in [7, 11) is 0. The Hall–Kier alpha value is -1.08. The predicted octanol–water partition coefficient (Wildman–Crippen LogP) is 1.18. The molecular formula is C13H20BrN5O. The van der Waals surface area contributed by atoms with E-state index in [1.165, 1.54) is 0 Å². The molecule has 3 rings (SSSR count). The third-order valence-corrected chi connectivity index (χ3v) is 5.12. The SMILES string of the molecule is CCn1nc(C)c(Br)c1CN1CC2CNCCN2C1=O. The van der Waals surface area contributed by atoms with Crippen LogP contribution in [0.2, 0.25) is 0 Å². The lowest BCUT2D eigenvalue weighted by Crippen LogP contribution is -2.49. The Labute approximate surface area is 127 Å². The summed E-state index contributed by atoms with van der Waals surface area (Å²) < 4.78 is 3.00. The lowest BCUT2D eigenvalue weighted by Gasteiger charge is -2.28. The molecule has 1 aromatic heterocycles. The van der Waals surface area contributed by atoms with Crippen LogP contribution in [0.15, 0.2) is 4.47 Å². The fraction of sp³-hybridized carbons (Fsp3) is 0.692. The molecule has 110 valence electrons. The number of hydrogen-bond acceptors (Lipinski definition) is 3. The van der Waals surface area contributed by atoms with E-state index in [0.717, 1.165) is 48.6 Å². The van der Waals surface area contributed by atoms with E-state index in [1.54, 1.807) is 0 Å². The molecule has 2 aliphatic rings. The molecule has 0 aromatic carbocycles. The minimum absolute atomic E-state index is 0.157. The number of halogens is 1. The second kappa shape index (κ2) is 5.37. The van der Waals surface area contributed by atoms with Crippen molar-refractivity contribution in [3.8, 4) is 0 Å². The van der Waals surface area contributed by atoms with Gasteiger partial charge in [-0.15, -0.1) is 0 Å². The topological polar surface area (TPSA) is 53.4 Å². The largest absolute Gasteiger partial charge is 0.320 e. The van der Waals surface area contributed by atoms with Crippen molar-refractivity contribution >= 4 is 22.0 Å². The number of nitrogens with one attached hydrogen (secondary N) is 1. The molecule has 1 aromatic rings. The zero-order valence-electron chi connectivity index (χ0n) is 11.9. The molecule has 3 heterocycles. The van der Waals surface area contributed by atoms with Crippen LogP contribution >= 0.6 is 15.9 Å². The number of carbonyl (C=O) groups excluding carboxylic acids is 1. The van der Waals surface area contributed by atoms with Crippen LogP contribution in [0.4, 0.5) is 4.79 Å². The number of aryl methyl sites for hydroxylation is 2. The van der Waals surface area contributed by atoms with Crippen LogP contribution in [-0.4, -0.2) is 57.8 Å². The molecule has 0 spiro atoms. The Kier molecular flexibility index (Phi) is 3.72. The second-order valence-corrected chi connectivity index (χ2v) is 6.17. The highest BCUT2D eigenvalue weighted by Crippen LogP contribution is 2.25. The monoisotopic (exact) mass is 341 g/mol. The Morgan fingerprint density at radius 3 is 3.00 bits per heavy atom. The van der Waals surface area contributed by atoms with Crippen LogP contribution in [0, 0.1) is 6.92 Å². The third-order valence-electron chi connectivity index (χ3n) is 4.09. The average Bonchev–Trinajstić information content (AvgIpc) is 2.92. The molecule has 0 saturated carbocycles. The summed E-state index contributed by atoms with van der Waals surface area (Å²) in [5.74, 6) is 0. The van der Waals surface area contributed by atoms with Crippen molar-refractivity contribution in [3.05, 3.63) is 15.9 Å². The molecule has 20 heavy (non-hydrogen) atoms. The number of urea groups is 1. The lowest BCUT2D eigenvalue weighted by atomic mass is 10.2. The van der Waals surface area contributed by atoms with Gasteiger partial charge in [0.2, 0.25) is 0 Å². The zero-order valence-corrected chi connectivity index (χ0v) is 13.5. The molecule has 0 radical (unpaired) electrons. The summed E-state index contributed by atoms with van der Waals surface area (Å²) >= 11 is 3.60. The fourth-order valence-electron chi connectivity index (χ4n) is 3.02. The summed E-state index contributed by atoms with van der Waals surface area (Å²) in [5.41, 5.74) is 2.07. The normalized spacial score (nSPS) is 22.6. The lowest BCUT2D eigenvalue weighted by molar-refractivity contribution is 0.177. The molecule has 2 saturated heterocycles. The summed E-state index contributed by atoms with van der Waals surface area (Å²) in [6, 6.07) is 0.471. The number of rotatable bonds is 3. The third kappa shape index (κ3) is 2.22. The standard InChI is InChI=1S/C13H20BrN5O/c1-3-19-11(12(14)9(2)16-19)8-17-7-10-6-15-4-5-18(10)13(17)20/h10,15H,3-8H2,1-2H3. The number of fused-ring (bicyclic) bond motifs is 1. The summed E-state index contributed by atoms with van der Waals surface area (Å²) in [4.78, 5) is 16.4. The van der Waals surface area contributed by atoms with Gasteiger partial charge in [0.1, 0.15) is 0 Å². The van der Waals surface area contributed by atoms with Gasteiger partial charge in [0.15, 0.2) is 0 Å². The first-order valence-corrected chi connectivity index (χ1v) is 7.89. The molecule has 1 N–H and O–H groups in total. The summed E-state index contributed by atoms with van der Waals surface area (Å²) in [5, 5.41) is 7.84. The van der Waals surface area contributed by atoms with E-state index in [0.29, 0.717) is 12.6 Å². The molecule has 1 unspecified atom stereocenters. The van der Waals surface area contributed by atoms with Crippen LogP contribution in [0.5, 0.6) is 0 Å². The molecule has 0 bridgehead atoms. The summed E-state index contributed by atoms with van der Waals surface area (Å²) in [6.45, 7) is 8.90. The van der Waals surface area contributed by atoms with Gasteiger partial charge in [-0.25, -0.2) is 4.79 Å². The van der Waals surface area contributed by atoms with Gasteiger partial charge in [0, 0.05) is 32.7 Å². The number of hydrogen-bond donors (Lipinski definition) is 1. The molecule has 7 heteroatoms. The van der Waals surface area contributed by atoms with Gasteiger partial charge in [-0.2, -0.15) is 5.10 Å². The van der Waals surface area contributed by atoms with Gasteiger partial charge in [-0.3, -0.25) is 4.68 Å². The van der Waals surface area contributed by atoms with Crippen molar-refractivity contribution in [2.45, 2.75) is 33.0 Å². The van der Waals surface area contributed by atoms with Crippen molar-refractivity contribution in [1.29, 1.82) is 0 Å².